The predicted octanol–water partition coefficient (Wildman–Crippen LogP) is 2.82. The molecule has 1 aliphatic carbocycles. The van der Waals surface area contributed by atoms with Gasteiger partial charge in [0.25, 0.3) is 0 Å². The molecule has 0 aliphatic heterocycles. The molecule has 1 fully saturated rings. The van der Waals surface area contributed by atoms with Gasteiger partial charge in [0.1, 0.15) is 6.10 Å². The summed E-state index contributed by atoms with van der Waals surface area (Å²) < 4.78 is 5.33. The number of para-hydroxylation sites is 1. The van der Waals surface area contributed by atoms with E-state index in [-0.39, 0.29) is 17.9 Å². The van der Waals surface area contributed by atoms with E-state index in [1.807, 2.05) is 30.3 Å². The zero-order valence-electron chi connectivity index (χ0n) is 12.4. The summed E-state index contributed by atoms with van der Waals surface area (Å²) in [4.78, 5) is 25.5. The normalized spacial score (nSPS) is 18.9. The molecule has 1 saturated carbocycles. The zero-order valence-corrected chi connectivity index (χ0v) is 12.4. The molecule has 1 N–H and O–H groups in total. The average Bonchev–Trinajstić information content (AvgIpc) is 3.27. The standard InChI is InChI=1S/C17H20N2O3/c1-3-10-19(11-4-2)17(21)22-15-12-14(15)16(20)18-13-8-6-5-7-9-13/h3-9,14-15H,1-2,10-12H2,(H,18,20). The molecule has 2 rings (SSSR count). The Balaban J connectivity index is 1.81. The number of carbonyl (C=O) groups excluding carboxylic acids is 2. The van der Waals surface area contributed by atoms with Gasteiger partial charge in [0.15, 0.2) is 0 Å². The Morgan fingerprint density at radius 2 is 1.86 bits per heavy atom. The van der Waals surface area contributed by atoms with Crippen LogP contribution in [-0.2, 0) is 9.53 Å². The number of nitrogens with one attached hydrogen (secondary N) is 1. The van der Waals surface area contributed by atoms with Gasteiger partial charge in [0.05, 0.1) is 5.92 Å². The minimum atomic E-state index is -0.445. The second-order valence-corrected chi connectivity index (χ2v) is 5.10. The lowest BCUT2D eigenvalue weighted by Crippen LogP contribution is -2.33. The van der Waals surface area contributed by atoms with E-state index in [1.165, 1.54) is 4.90 Å². The van der Waals surface area contributed by atoms with Gasteiger partial charge in [-0.25, -0.2) is 4.79 Å². The second-order valence-electron chi connectivity index (χ2n) is 5.10. The Kier molecular flexibility index (Phi) is 5.36. The van der Waals surface area contributed by atoms with E-state index in [9.17, 15) is 9.59 Å². The predicted molar refractivity (Wildman–Crippen MR) is 85.4 cm³/mol. The van der Waals surface area contributed by atoms with Gasteiger partial charge in [-0.15, -0.1) is 13.2 Å². The molecule has 0 bridgehead atoms. The highest BCUT2D eigenvalue weighted by atomic mass is 16.6. The summed E-state index contributed by atoms with van der Waals surface area (Å²) in [5, 5.41) is 2.81. The number of hydrogen-bond donors (Lipinski definition) is 1. The fourth-order valence-electron chi connectivity index (χ4n) is 2.07. The van der Waals surface area contributed by atoms with Crippen LogP contribution in [0.15, 0.2) is 55.6 Å². The van der Waals surface area contributed by atoms with Crippen LogP contribution in [0.2, 0.25) is 0 Å². The summed E-state index contributed by atoms with van der Waals surface area (Å²) in [7, 11) is 0. The lowest BCUT2D eigenvalue weighted by molar-refractivity contribution is -0.118. The Labute approximate surface area is 130 Å². The number of hydrogen-bond acceptors (Lipinski definition) is 3. The van der Waals surface area contributed by atoms with Crippen molar-refractivity contribution in [3.63, 3.8) is 0 Å². The lowest BCUT2D eigenvalue weighted by Gasteiger charge is -2.18. The van der Waals surface area contributed by atoms with Crippen molar-refractivity contribution in [3.8, 4) is 0 Å². The van der Waals surface area contributed by atoms with Crippen molar-refractivity contribution in [2.24, 2.45) is 5.92 Å². The van der Waals surface area contributed by atoms with Crippen molar-refractivity contribution in [1.29, 1.82) is 0 Å². The molecule has 5 heteroatoms. The molecule has 1 aromatic carbocycles. The molecule has 1 aromatic rings. The molecule has 0 saturated heterocycles. The first kappa shape index (κ1) is 15.8. The summed E-state index contributed by atoms with van der Waals surface area (Å²) in [5.41, 5.74) is 0.740. The van der Waals surface area contributed by atoms with Crippen LogP contribution in [-0.4, -0.2) is 36.1 Å². The maximum atomic E-state index is 12.0. The van der Waals surface area contributed by atoms with Gasteiger partial charge >= 0.3 is 6.09 Å². The van der Waals surface area contributed by atoms with Crippen LogP contribution in [0.25, 0.3) is 0 Å². The van der Waals surface area contributed by atoms with Gasteiger partial charge < -0.3 is 15.0 Å². The quantitative estimate of drug-likeness (QED) is 0.788. The molecule has 22 heavy (non-hydrogen) atoms. The third kappa shape index (κ3) is 4.22. The Morgan fingerprint density at radius 1 is 1.23 bits per heavy atom. The van der Waals surface area contributed by atoms with Crippen LogP contribution in [0.5, 0.6) is 0 Å². The van der Waals surface area contributed by atoms with Gasteiger partial charge in [-0.1, -0.05) is 30.4 Å². The maximum Gasteiger partial charge on any atom is 0.410 e. The van der Waals surface area contributed by atoms with Crippen LogP contribution < -0.4 is 5.32 Å². The maximum absolute atomic E-state index is 12.0. The topological polar surface area (TPSA) is 58.6 Å². The summed E-state index contributed by atoms with van der Waals surface area (Å²) in [5.74, 6) is -0.401. The smallest absolute Gasteiger partial charge is 0.410 e. The van der Waals surface area contributed by atoms with Crippen molar-refractivity contribution >= 4 is 17.7 Å². The monoisotopic (exact) mass is 300 g/mol. The largest absolute Gasteiger partial charge is 0.445 e. The van der Waals surface area contributed by atoms with Crippen molar-refractivity contribution in [2.75, 3.05) is 18.4 Å². The molecule has 0 radical (unpaired) electrons. The Morgan fingerprint density at radius 3 is 2.45 bits per heavy atom. The van der Waals surface area contributed by atoms with Crippen molar-refractivity contribution in [2.45, 2.75) is 12.5 Å². The number of rotatable bonds is 7. The van der Waals surface area contributed by atoms with Gasteiger partial charge in [0.2, 0.25) is 5.91 Å². The van der Waals surface area contributed by atoms with E-state index in [2.05, 4.69) is 18.5 Å². The summed E-state index contributed by atoms with van der Waals surface area (Å²) in [6.07, 6.45) is 3.00. The van der Waals surface area contributed by atoms with Crippen molar-refractivity contribution in [1.82, 2.24) is 4.90 Å². The summed E-state index contributed by atoms with van der Waals surface area (Å²) in [6, 6.07) is 9.21. The first-order valence-electron chi connectivity index (χ1n) is 7.19. The number of anilines is 1. The molecular formula is C17H20N2O3. The van der Waals surface area contributed by atoms with Gasteiger partial charge in [-0.2, -0.15) is 0 Å². The molecule has 116 valence electrons. The average molecular weight is 300 g/mol. The number of nitrogens with zero attached hydrogens (tertiary/aromatic N) is 1. The lowest BCUT2D eigenvalue weighted by atomic mass is 10.3. The molecule has 2 atom stereocenters. The van der Waals surface area contributed by atoms with Gasteiger partial charge in [0, 0.05) is 25.2 Å². The van der Waals surface area contributed by atoms with Crippen LogP contribution in [0.1, 0.15) is 6.42 Å². The van der Waals surface area contributed by atoms with Crippen molar-refractivity contribution < 1.29 is 14.3 Å². The van der Waals surface area contributed by atoms with E-state index in [1.54, 1.807) is 12.2 Å². The zero-order chi connectivity index (χ0) is 15.9. The highest BCUT2D eigenvalue weighted by molar-refractivity contribution is 5.95. The molecule has 0 aromatic heterocycles. The number of carbonyl (C=O) groups is 2. The minimum Gasteiger partial charge on any atom is -0.445 e. The molecule has 1 aliphatic rings. The first-order valence-corrected chi connectivity index (χ1v) is 7.19. The van der Waals surface area contributed by atoms with Crippen LogP contribution in [0.4, 0.5) is 10.5 Å². The van der Waals surface area contributed by atoms with E-state index >= 15 is 0 Å². The third-order valence-electron chi connectivity index (χ3n) is 3.32. The van der Waals surface area contributed by atoms with Gasteiger partial charge in [-0.05, 0) is 12.1 Å². The number of ether oxygens (including phenoxy) is 1. The molecule has 0 heterocycles. The molecular weight excluding hydrogens is 280 g/mol. The number of benzene rings is 1. The first-order chi connectivity index (χ1) is 10.7. The van der Waals surface area contributed by atoms with E-state index in [0.717, 1.165) is 5.69 Å². The molecule has 2 unspecified atom stereocenters. The highest BCUT2D eigenvalue weighted by Gasteiger charge is 2.47. The van der Waals surface area contributed by atoms with E-state index in [0.29, 0.717) is 19.5 Å². The fourth-order valence-corrected chi connectivity index (χ4v) is 2.07. The van der Waals surface area contributed by atoms with Crippen LogP contribution >= 0.6 is 0 Å². The number of amides is 2. The van der Waals surface area contributed by atoms with Crippen LogP contribution in [0.3, 0.4) is 0 Å². The molecule has 5 nitrogen and oxygen atoms in total. The SMILES string of the molecule is C=CCN(CC=C)C(=O)OC1CC1C(=O)Nc1ccccc1. The Hall–Kier alpha value is -2.56. The van der Waals surface area contributed by atoms with E-state index in [4.69, 9.17) is 4.74 Å². The third-order valence-corrected chi connectivity index (χ3v) is 3.32. The fraction of sp³-hybridized carbons (Fsp3) is 0.294. The van der Waals surface area contributed by atoms with Gasteiger partial charge in [-0.3, -0.25) is 4.79 Å². The molecule has 2 amide bonds. The summed E-state index contributed by atoms with van der Waals surface area (Å²) in [6.45, 7) is 7.98. The highest BCUT2D eigenvalue weighted by Crippen LogP contribution is 2.35. The summed E-state index contributed by atoms with van der Waals surface area (Å²) >= 11 is 0. The van der Waals surface area contributed by atoms with E-state index < -0.39 is 6.09 Å². The van der Waals surface area contributed by atoms with Crippen molar-refractivity contribution in [3.05, 3.63) is 55.6 Å². The second kappa shape index (κ2) is 7.45. The molecule has 0 spiro atoms. The minimum absolute atomic E-state index is 0.122. The van der Waals surface area contributed by atoms with Crippen LogP contribution in [0, 0.1) is 5.92 Å². The Bertz CT molecular complexity index is 546.